The first-order valence-electron chi connectivity index (χ1n) is 13.2. The number of thioether (sulfide) groups is 1. The van der Waals surface area contributed by atoms with E-state index >= 15 is 0 Å². The summed E-state index contributed by atoms with van der Waals surface area (Å²) >= 11 is 1.92. The van der Waals surface area contributed by atoms with E-state index in [1.54, 1.807) is 48.5 Å². The normalized spacial score (nSPS) is 18.1. The van der Waals surface area contributed by atoms with Crippen LogP contribution in [0.25, 0.3) is 0 Å². The number of carbonyl (C=O) groups excluding carboxylic acids is 3. The van der Waals surface area contributed by atoms with Crippen LogP contribution in [-0.4, -0.2) is 76.2 Å². The zero-order valence-corrected chi connectivity index (χ0v) is 26.0. The third-order valence-corrected chi connectivity index (χ3v) is 8.61. The molecule has 3 aromatic rings. The smallest absolute Gasteiger partial charge is 0.359 e. The number of benzene rings is 2. The van der Waals surface area contributed by atoms with Gasteiger partial charge in [-0.3, -0.25) is 14.5 Å². The third-order valence-electron chi connectivity index (χ3n) is 6.31. The number of nitrogen functional groups attached to an aromatic ring is 1. The molecule has 1 unspecified atom stereocenters. The molecule has 2 amide bonds. The van der Waals surface area contributed by atoms with E-state index in [9.17, 15) is 22.8 Å². The molecule has 0 bridgehead atoms. The van der Waals surface area contributed by atoms with Crippen LogP contribution in [0.5, 0.6) is 0 Å². The summed E-state index contributed by atoms with van der Waals surface area (Å²) < 4.78 is 39.3. The molecule has 45 heavy (non-hydrogen) atoms. The van der Waals surface area contributed by atoms with Gasteiger partial charge < -0.3 is 24.8 Å². The monoisotopic (exact) mass is 670 g/mol. The molecule has 3 N–H and O–H groups in total. The van der Waals surface area contributed by atoms with Gasteiger partial charge in [-0.15, -0.1) is 11.8 Å². The van der Waals surface area contributed by atoms with Crippen LogP contribution in [0.15, 0.2) is 89.9 Å². The lowest BCUT2D eigenvalue weighted by Gasteiger charge is -2.49. The molecule has 0 spiro atoms. The molecule has 1 fully saturated rings. The fraction of sp³-hybridized carbons (Fsp3) is 0.214. The highest BCUT2D eigenvalue weighted by molar-refractivity contribution is 8.00. The number of amides is 2. The summed E-state index contributed by atoms with van der Waals surface area (Å²) in [6, 6.07) is 16.7. The van der Waals surface area contributed by atoms with E-state index in [4.69, 9.17) is 19.5 Å². The van der Waals surface area contributed by atoms with Crippen LogP contribution in [0.1, 0.15) is 23.1 Å². The van der Waals surface area contributed by atoms with Gasteiger partial charge in [0.05, 0.1) is 12.0 Å². The van der Waals surface area contributed by atoms with Crippen LogP contribution in [0.2, 0.25) is 0 Å². The number of ether oxygens (including phenoxy) is 1. The van der Waals surface area contributed by atoms with Crippen molar-refractivity contribution in [2.24, 2.45) is 5.16 Å². The molecule has 0 radical (unpaired) electrons. The van der Waals surface area contributed by atoms with E-state index in [0.29, 0.717) is 11.1 Å². The van der Waals surface area contributed by atoms with Gasteiger partial charge in [0.1, 0.15) is 18.0 Å². The molecule has 3 heterocycles. The molecule has 14 nitrogen and oxygen atoms in total. The molecule has 234 valence electrons. The van der Waals surface area contributed by atoms with Crippen LogP contribution in [0.3, 0.4) is 0 Å². The van der Waals surface area contributed by atoms with Crippen molar-refractivity contribution in [2.75, 3.05) is 24.3 Å². The zero-order valence-electron chi connectivity index (χ0n) is 23.6. The summed E-state index contributed by atoms with van der Waals surface area (Å²) in [6.45, 7) is 3.50. The van der Waals surface area contributed by atoms with Gasteiger partial charge in [-0.05, 0) is 11.1 Å². The third kappa shape index (κ3) is 7.16. The van der Waals surface area contributed by atoms with Gasteiger partial charge in [0.25, 0.3) is 11.8 Å². The van der Waals surface area contributed by atoms with Crippen LogP contribution in [0, 0.1) is 0 Å². The van der Waals surface area contributed by atoms with Crippen LogP contribution in [-0.2, 0) is 38.3 Å². The summed E-state index contributed by atoms with van der Waals surface area (Å²) in [7, 11) is -4.09. The molecule has 0 saturated carbocycles. The van der Waals surface area contributed by atoms with Crippen molar-refractivity contribution < 1.29 is 36.6 Å². The van der Waals surface area contributed by atoms with E-state index in [1.165, 1.54) is 6.08 Å². The van der Waals surface area contributed by atoms with Gasteiger partial charge >= 0.3 is 16.1 Å². The van der Waals surface area contributed by atoms with Crippen molar-refractivity contribution in [3.8, 4) is 0 Å². The van der Waals surface area contributed by atoms with Gasteiger partial charge in [0.15, 0.2) is 22.7 Å². The van der Waals surface area contributed by atoms with Crippen molar-refractivity contribution in [3.05, 3.63) is 102 Å². The average molecular weight is 671 g/mol. The second kappa shape index (κ2) is 13.5. The molecule has 17 heteroatoms. The highest BCUT2D eigenvalue weighted by Crippen LogP contribution is 2.42. The average Bonchev–Trinajstić information content (AvgIpc) is 3.46. The maximum Gasteiger partial charge on any atom is 0.359 e. The van der Waals surface area contributed by atoms with Gasteiger partial charge in [0.2, 0.25) is 11.5 Å². The zero-order chi connectivity index (χ0) is 32.1. The van der Waals surface area contributed by atoms with Crippen LogP contribution >= 0.6 is 23.3 Å². The lowest BCUT2D eigenvalue weighted by molar-refractivity contribution is -0.154. The highest BCUT2D eigenvalue weighted by atomic mass is 32.2. The summed E-state index contributed by atoms with van der Waals surface area (Å²) in [4.78, 5) is 50.7. The number of aromatic nitrogens is 2. The van der Waals surface area contributed by atoms with Gasteiger partial charge in [-0.1, -0.05) is 78.5 Å². The highest BCUT2D eigenvalue weighted by Gasteiger charge is 2.56. The van der Waals surface area contributed by atoms with Crippen LogP contribution in [0.4, 0.5) is 5.13 Å². The Hall–Kier alpha value is -4.74. The fourth-order valence-electron chi connectivity index (χ4n) is 4.45. The Morgan fingerprint density at radius 3 is 2.38 bits per heavy atom. The number of nitrogens with zero attached hydrogens (tertiary/aromatic N) is 4. The molecule has 5 rings (SSSR count). The van der Waals surface area contributed by atoms with Crippen molar-refractivity contribution in [3.63, 3.8) is 0 Å². The predicted octanol–water partition coefficient (Wildman–Crippen LogP) is 1.95. The number of carbonyl (C=O) groups is 3. The standard InChI is InChI=1S/C28H26N6O8S3/c1-3-14-40-32-19(23-31-28(29)44-33-23)24(35)30-20-25(36)34-21(18(15-43-26(20)34)42-45(2,38)39)27(37)41-22(16-10-6-4-7-11-16)17-12-8-5-9-13-17/h3-13,20,22,26H,1,14-15H2,2H3,(H,30,35)(H2,29,31,33)/b32-19-/t20?,26-/m1/s1. The molecule has 2 atom stereocenters. The van der Waals surface area contributed by atoms with E-state index in [-0.39, 0.29) is 40.5 Å². The number of esters is 1. The predicted molar refractivity (Wildman–Crippen MR) is 166 cm³/mol. The first-order valence-corrected chi connectivity index (χ1v) is 16.8. The second-order valence-corrected chi connectivity index (χ2v) is 13.0. The van der Waals surface area contributed by atoms with E-state index in [0.717, 1.165) is 34.5 Å². The largest absolute Gasteiger partial charge is 0.448 e. The van der Waals surface area contributed by atoms with Crippen molar-refractivity contribution in [1.82, 2.24) is 19.6 Å². The summed E-state index contributed by atoms with van der Waals surface area (Å²) in [5.41, 5.74) is 6.24. The number of fused-ring (bicyclic) bond motifs is 1. The molecule has 2 aliphatic rings. The summed E-state index contributed by atoms with van der Waals surface area (Å²) in [5, 5.41) is 5.63. The Labute approximate surface area is 266 Å². The van der Waals surface area contributed by atoms with E-state index in [1.807, 2.05) is 12.1 Å². The number of nitrogens with two attached hydrogens (primary N) is 1. The second-order valence-electron chi connectivity index (χ2n) is 9.51. The van der Waals surface area contributed by atoms with Gasteiger partial charge in [-0.2, -0.15) is 17.8 Å². The van der Waals surface area contributed by atoms with E-state index < -0.39 is 45.4 Å². The number of hydrogen-bond acceptors (Lipinski definition) is 14. The van der Waals surface area contributed by atoms with E-state index in [2.05, 4.69) is 26.4 Å². The maximum absolute atomic E-state index is 13.8. The number of rotatable bonds is 12. The summed E-state index contributed by atoms with van der Waals surface area (Å²) in [5.74, 6) is -3.04. The Kier molecular flexibility index (Phi) is 9.50. The minimum Gasteiger partial charge on any atom is -0.448 e. The molecule has 1 saturated heterocycles. The minimum absolute atomic E-state index is 0.0165. The Morgan fingerprint density at radius 1 is 1.18 bits per heavy atom. The molecule has 0 aliphatic carbocycles. The molecular formula is C28H26N6O8S3. The SMILES string of the molecule is C=CCO/N=C(\C(=O)NC1C(=O)N2C(C(=O)OC(c3ccccc3)c3ccccc3)=C(OS(C)(=O)=O)CS[C@H]12)c1nsc(N)n1. The topological polar surface area (TPSA) is 192 Å². The number of hydrogen-bond donors (Lipinski definition) is 2. The Morgan fingerprint density at radius 2 is 1.82 bits per heavy atom. The summed E-state index contributed by atoms with van der Waals surface area (Å²) in [6.07, 6.45) is 1.35. The quantitative estimate of drug-likeness (QED) is 0.0542. The number of anilines is 1. The van der Waals surface area contributed by atoms with Crippen molar-refractivity contribution >= 4 is 62.0 Å². The Bertz CT molecular complexity index is 1740. The molecule has 2 aromatic carbocycles. The lowest BCUT2D eigenvalue weighted by atomic mass is 10.0. The first kappa shape index (κ1) is 31.7. The first-order chi connectivity index (χ1) is 21.6. The fourth-order valence-corrected chi connectivity index (χ4v) is 6.72. The lowest BCUT2D eigenvalue weighted by Crippen LogP contribution is -2.71. The minimum atomic E-state index is -4.09. The molecule has 2 aliphatic heterocycles. The molecule has 1 aromatic heterocycles. The van der Waals surface area contributed by atoms with Crippen LogP contribution < -0.4 is 11.1 Å². The van der Waals surface area contributed by atoms with Gasteiger partial charge in [-0.25, -0.2) is 4.79 Å². The number of nitrogens with one attached hydrogen (secondary N) is 1. The number of oxime groups is 1. The molecular weight excluding hydrogens is 645 g/mol. The number of β-lactam (4-membered cyclic amide) rings is 1. The van der Waals surface area contributed by atoms with Crippen molar-refractivity contribution in [2.45, 2.75) is 17.5 Å². The van der Waals surface area contributed by atoms with Gasteiger partial charge in [0, 0.05) is 11.5 Å². The maximum atomic E-state index is 13.8. The Balaban J connectivity index is 1.43. The van der Waals surface area contributed by atoms with Crippen molar-refractivity contribution in [1.29, 1.82) is 0 Å².